The Kier molecular flexibility index (Phi) is 415. The molecule has 2 N–H and O–H groups in total. The van der Waals surface area contributed by atoms with Gasteiger partial charge in [0.15, 0.2) is 0 Å². The average Bonchev–Trinajstić information content (AvgIpc) is 1.00. The maximum Gasteiger partial charge on any atom is 2.00 e. The summed E-state index contributed by atoms with van der Waals surface area (Å²) in [7, 11) is 1.50. The molecule has 0 aliphatic carbocycles. The Morgan fingerprint density at radius 3 is 1.00 bits per heavy atom. The Morgan fingerprint density at radius 1 is 1.00 bits per heavy atom. The number of nitrogens with two attached hydrogens (primary N) is 1. The van der Waals surface area contributed by atoms with Gasteiger partial charge in [0.25, 0.3) is 0 Å². The molecular weight excluding hydrogens is 428 g/mol. The van der Waals surface area contributed by atoms with Gasteiger partial charge >= 0.3 is 27.3 Å². The summed E-state index contributed by atoms with van der Waals surface area (Å²) in [6.07, 6.45) is 0. The van der Waals surface area contributed by atoms with E-state index >= 15 is 0 Å². The van der Waals surface area contributed by atoms with Gasteiger partial charge in [-0.2, -0.15) is 0 Å². The van der Waals surface area contributed by atoms with Crippen molar-refractivity contribution in [3.63, 3.8) is 0 Å². The quantitative estimate of drug-likeness (QED) is 0.377. The molecule has 0 aliphatic heterocycles. The molecule has 0 aromatic heterocycles. The van der Waals surface area contributed by atoms with Crippen molar-refractivity contribution in [3.05, 3.63) is 0 Å². The second-order valence-electron chi connectivity index (χ2n) is 0. The fourth-order valence-corrected chi connectivity index (χ4v) is 0. The summed E-state index contributed by atoms with van der Waals surface area (Å²) in [6, 6.07) is 0. The molecule has 0 bridgehead atoms. The van der Waals surface area contributed by atoms with E-state index in [1.54, 1.807) is 0 Å². The first-order valence-corrected chi connectivity index (χ1v) is 0.577. The first kappa shape index (κ1) is 42.2. The summed E-state index contributed by atoms with van der Waals surface area (Å²) in [5.74, 6) is 0. The van der Waals surface area contributed by atoms with Crippen LogP contribution in [-0.4, -0.2) is 34.3 Å². The van der Waals surface area contributed by atoms with E-state index < -0.39 is 0 Å². The molecule has 2 radical (unpaired) electrons. The predicted molar refractivity (Wildman–Crippen MR) is 23.1 cm³/mol. The zero-order valence-electron chi connectivity index (χ0n) is 3.24. The molecule has 0 heterocycles. The topological polar surface area (TPSA) is 26.0 Å². The minimum Gasteiger partial charge on any atom is -1.00 e. The van der Waals surface area contributed by atoms with Crippen LogP contribution in [0.25, 0.3) is 0 Å². The average molecular weight is 435 g/mol. The SMILES string of the molecule is CN.Cl.[Br-].[Br-].[Pb+2]. The molecule has 0 saturated carbocycles. The molecule has 0 aliphatic rings. The summed E-state index contributed by atoms with van der Waals surface area (Å²) >= 11 is 0. The van der Waals surface area contributed by atoms with Gasteiger partial charge in [-0.15, -0.1) is 12.4 Å². The predicted octanol–water partition coefficient (Wildman–Crippen LogP) is -6.38. The van der Waals surface area contributed by atoms with Gasteiger partial charge in [0.2, 0.25) is 0 Å². The second kappa shape index (κ2) is 59.0. The normalized spacial score (nSPS) is 1.00. The zero-order valence-corrected chi connectivity index (χ0v) is 11.1. The van der Waals surface area contributed by atoms with E-state index in [-0.39, 0.29) is 73.7 Å². The number of rotatable bonds is 0. The molecular formula is CH6Br2ClNPb. The molecule has 0 spiro atoms. The zero-order chi connectivity index (χ0) is 2.00. The van der Waals surface area contributed by atoms with Gasteiger partial charge in [-0.05, 0) is 7.05 Å². The fraction of sp³-hybridized carbons (Fsp3) is 1.00. The van der Waals surface area contributed by atoms with Crippen LogP contribution in [0.1, 0.15) is 0 Å². The minimum absolute atomic E-state index is 0. The summed E-state index contributed by atoms with van der Waals surface area (Å²) in [6.45, 7) is 0. The smallest absolute Gasteiger partial charge is 1.00 e. The fourth-order valence-electron chi connectivity index (χ4n) is 0. The van der Waals surface area contributed by atoms with Gasteiger partial charge < -0.3 is 39.7 Å². The molecule has 0 rings (SSSR count). The van der Waals surface area contributed by atoms with Crippen LogP contribution < -0.4 is 39.7 Å². The van der Waals surface area contributed by atoms with Crippen molar-refractivity contribution in [1.29, 1.82) is 0 Å². The Labute approximate surface area is 85.5 Å². The van der Waals surface area contributed by atoms with Crippen LogP contribution in [0.2, 0.25) is 0 Å². The molecule has 5 heteroatoms. The summed E-state index contributed by atoms with van der Waals surface area (Å²) in [4.78, 5) is 0. The third kappa shape index (κ3) is 35.5. The van der Waals surface area contributed by atoms with Crippen LogP contribution in [-0.2, 0) is 0 Å². The molecule has 0 saturated heterocycles. The molecule has 0 atom stereocenters. The maximum atomic E-state index is 4.50. The van der Waals surface area contributed by atoms with Crippen LogP contribution in [0.4, 0.5) is 0 Å². The van der Waals surface area contributed by atoms with E-state index in [1.165, 1.54) is 7.05 Å². The van der Waals surface area contributed by atoms with Gasteiger partial charge in [-0.25, -0.2) is 0 Å². The standard InChI is InChI=1S/CH5N.2BrH.ClH.Pb/c1-2;;;;/h2H2,1H3;3*1H;/q;;;;+2/p-2. The molecule has 0 amide bonds. The van der Waals surface area contributed by atoms with Crippen molar-refractivity contribution in [3.8, 4) is 0 Å². The monoisotopic (exact) mass is 433 g/mol. The van der Waals surface area contributed by atoms with Crippen molar-refractivity contribution < 1.29 is 34.0 Å². The van der Waals surface area contributed by atoms with Crippen molar-refractivity contribution in [1.82, 2.24) is 0 Å². The van der Waals surface area contributed by atoms with Crippen LogP contribution in [0.5, 0.6) is 0 Å². The molecule has 40 valence electrons. The van der Waals surface area contributed by atoms with Gasteiger partial charge in [0.1, 0.15) is 0 Å². The van der Waals surface area contributed by atoms with E-state index in [1.807, 2.05) is 0 Å². The largest absolute Gasteiger partial charge is 2.00 e. The van der Waals surface area contributed by atoms with Crippen LogP contribution >= 0.6 is 12.4 Å². The minimum atomic E-state index is 0. The Bertz CT molecular complexity index is 13.5. The third-order valence-corrected chi connectivity index (χ3v) is 0. The van der Waals surface area contributed by atoms with Crippen LogP contribution in [0.3, 0.4) is 0 Å². The van der Waals surface area contributed by atoms with E-state index in [0.29, 0.717) is 0 Å². The Hall–Kier alpha value is 2.13. The van der Waals surface area contributed by atoms with Gasteiger partial charge in [0, 0.05) is 0 Å². The van der Waals surface area contributed by atoms with Crippen molar-refractivity contribution in [2.45, 2.75) is 0 Å². The number of hydrogen-bond acceptors (Lipinski definition) is 1. The van der Waals surface area contributed by atoms with Gasteiger partial charge in [-0.1, -0.05) is 0 Å². The summed E-state index contributed by atoms with van der Waals surface area (Å²) in [5.41, 5.74) is 4.50. The molecule has 0 unspecified atom stereocenters. The molecule has 0 fully saturated rings. The molecule has 6 heavy (non-hydrogen) atoms. The second-order valence-corrected chi connectivity index (χ2v) is 0. The van der Waals surface area contributed by atoms with E-state index in [9.17, 15) is 0 Å². The van der Waals surface area contributed by atoms with Gasteiger partial charge in [0.05, 0.1) is 0 Å². The van der Waals surface area contributed by atoms with Crippen molar-refractivity contribution in [2.75, 3.05) is 7.05 Å². The number of hydrogen-bond donors (Lipinski definition) is 1. The third-order valence-electron chi connectivity index (χ3n) is 0. The van der Waals surface area contributed by atoms with Crippen LogP contribution in [0, 0.1) is 0 Å². The number of halogens is 3. The molecule has 0 aromatic rings. The Balaban J connectivity index is -0.000000000833. The first-order chi connectivity index (χ1) is 1.00. The van der Waals surface area contributed by atoms with Crippen LogP contribution in [0.15, 0.2) is 0 Å². The molecule has 1 nitrogen and oxygen atoms in total. The van der Waals surface area contributed by atoms with Crippen molar-refractivity contribution in [2.24, 2.45) is 5.73 Å². The maximum absolute atomic E-state index is 4.50. The summed E-state index contributed by atoms with van der Waals surface area (Å²) in [5, 5.41) is 0. The van der Waals surface area contributed by atoms with E-state index in [0.717, 1.165) is 0 Å². The van der Waals surface area contributed by atoms with Crippen molar-refractivity contribution >= 4 is 39.7 Å². The molecule has 0 aromatic carbocycles. The van der Waals surface area contributed by atoms with E-state index in [2.05, 4.69) is 5.73 Å². The van der Waals surface area contributed by atoms with Gasteiger partial charge in [-0.3, -0.25) is 0 Å². The Morgan fingerprint density at radius 2 is 1.00 bits per heavy atom. The first-order valence-electron chi connectivity index (χ1n) is 0.577. The summed E-state index contributed by atoms with van der Waals surface area (Å²) < 4.78 is 0. The van der Waals surface area contributed by atoms with E-state index in [4.69, 9.17) is 0 Å².